The van der Waals surface area contributed by atoms with E-state index in [1.54, 1.807) is 50.9 Å². The Morgan fingerprint density at radius 2 is 0.574 bits per heavy atom. The summed E-state index contributed by atoms with van der Waals surface area (Å²) in [4.78, 5) is 10.7. The SMILES string of the molecule is CC(C)(C)CCCCCN1CCC(CC(C)(C)C)CC1.CC(C)(C)CCCCCN1CCC(CCC(C)(C)C)CC1.CC(C)(C)CCN1CCN(CCC(C)(C)C)CC1.CC(C)(C)CCOCCC(C)(C)C.CC(C)(C)Cc1cn(CCOCCOCCS(=O)(=O)C(C)(C)C)nn1.CC(C)(C)Cc1cn(CCOCCOCCS(=O)(=O)C(C)(C)C)nn1. The lowest BCUT2D eigenvalue weighted by Crippen LogP contribution is -2.47. The van der Waals surface area contributed by atoms with Gasteiger partial charge in [-0.25, -0.2) is 26.2 Å². The second-order valence-electron chi connectivity index (χ2n) is 50.4. The largest absolute Gasteiger partial charge is 0.381 e. The van der Waals surface area contributed by atoms with Crippen LogP contribution in [0.5, 0.6) is 0 Å². The Hall–Kier alpha value is -2.18. The molecule has 21 heteroatoms. The highest BCUT2D eigenvalue weighted by Gasteiger charge is 2.31. The van der Waals surface area contributed by atoms with Crippen LogP contribution >= 0.6 is 0 Å². The van der Waals surface area contributed by atoms with E-state index in [0.717, 1.165) is 62.1 Å². The van der Waals surface area contributed by atoms with Crippen LogP contribution in [0.2, 0.25) is 0 Å². The number of hydrogen-bond acceptors (Lipinski definition) is 17. The van der Waals surface area contributed by atoms with Gasteiger partial charge in [-0.15, -0.1) is 10.2 Å². The van der Waals surface area contributed by atoms with Gasteiger partial charge in [-0.1, -0.05) is 244 Å². The number of likely N-dealkylation sites (tertiary alicyclic amines) is 2. The van der Waals surface area contributed by atoms with Gasteiger partial charge in [-0.2, -0.15) is 0 Å². The summed E-state index contributed by atoms with van der Waals surface area (Å²) in [7, 11) is -6.25. The van der Waals surface area contributed by atoms with Crippen LogP contribution in [0.25, 0.3) is 0 Å². The van der Waals surface area contributed by atoms with Gasteiger partial charge < -0.3 is 43.3 Å². The molecule has 5 heterocycles. The summed E-state index contributed by atoms with van der Waals surface area (Å²) in [6, 6.07) is 0. The van der Waals surface area contributed by atoms with Crippen LogP contribution in [-0.4, -0.2) is 232 Å². The fourth-order valence-corrected chi connectivity index (χ4v) is 15.8. The predicted octanol–water partition coefficient (Wildman–Crippen LogP) is 23.5. The fraction of sp³-hybridized carbons (Fsp3) is 0.960. The van der Waals surface area contributed by atoms with E-state index in [0.29, 0.717) is 96.1 Å². The van der Waals surface area contributed by atoms with Gasteiger partial charge in [0.25, 0.3) is 0 Å². The number of piperazine rings is 1. The molecule has 122 heavy (non-hydrogen) atoms. The van der Waals surface area contributed by atoms with E-state index >= 15 is 0 Å². The van der Waals surface area contributed by atoms with Crippen molar-refractivity contribution in [2.24, 2.45) is 66.0 Å². The molecule has 726 valence electrons. The van der Waals surface area contributed by atoms with E-state index in [4.69, 9.17) is 23.7 Å². The van der Waals surface area contributed by atoms with Crippen molar-refractivity contribution in [3.63, 3.8) is 0 Å². The number of hydrogen-bond donors (Lipinski definition) is 0. The summed E-state index contributed by atoms with van der Waals surface area (Å²) in [6.45, 7) is 101. The monoisotopic (exact) mass is 1770 g/mol. The molecule has 0 bridgehead atoms. The first-order chi connectivity index (χ1) is 55.5. The normalized spacial score (nSPS) is 16.4. The Morgan fingerprint density at radius 1 is 0.287 bits per heavy atom. The fourth-order valence-electron chi connectivity index (χ4n) is 13.9. The number of unbranched alkanes of at least 4 members (excludes halogenated alkanes) is 4. The highest BCUT2D eigenvalue weighted by Crippen LogP contribution is 2.34. The highest BCUT2D eigenvalue weighted by molar-refractivity contribution is 7.93. The van der Waals surface area contributed by atoms with E-state index in [9.17, 15) is 16.8 Å². The van der Waals surface area contributed by atoms with Gasteiger partial charge in [0.15, 0.2) is 19.7 Å². The van der Waals surface area contributed by atoms with Gasteiger partial charge in [-0.3, -0.25) is 0 Å². The molecule has 0 aliphatic carbocycles. The third-order valence-corrected chi connectivity index (χ3v) is 27.5. The minimum absolute atomic E-state index is 0.0337. The first-order valence-electron chi connectivity index (χ1n) is 48.5. The molecule has 3 aliphatic heterocycles. The summed E-state index contributed by atoms with van der Waals surface area (Å²) in [5.41, 5.74) is 6.17. The van der Waals surface area contributed by atoms with Crippen LogP contribution in [0.4, 0.5) is 0 Å². The average molecular weight is 1770 g/mol. The molecule has 3 fully saturated rings. The number of sulfone groups is 2. The molecular weight excluding hydrogens is 1560 g/mol. The number of aromatic nitrogens is 6. The minimum Gasteiger partial charge on any atom is -0.381 e. The van der Waals surface area contributed by atoms with Crippen molar-refractivity contribution in [1.29, 1.82) is 0 Å². The van der Waals surface area contributed by atoms with Crippen molar-refractivity contribution in [2.75, 3.05) is 156 Å². The molecule has 0 N–H and O–H groups in total. The van der Waals surface area contributed by atoms with Crippen molar-refractivity contribution >= 4 is 19.7 Å². The molecule has 0 amide bonds. The Labute approximate surface area is 757 Å². The van der Waals surface area contributed by atoms with Gasteiger partial charge in [0.1, 0.15) is 0 Å². The summed E-state index contributed by atoms with van der Waals surface area (Å²) in [6.07, 6.45) is 31.8. The standard InChI is InChI=1S/C20H41N.C19H39N.2C17H33N3O4S.C16H34N2.C12H26O/c1-19(2,3)13-8-7-9-15-21-16-11-18(12-17-21)10-14-20(4,5)6;1-18(2,3)12-8-7-9-13-20-14-10-17(11-15-20)16-19(4,5)6;2*1-16(2,3)13-15-14-20(19-18-15)7-8-23-9-10-24-11-12-25(21,22)17(4,5)6;1-15(2,3)7-9-17-11-13-18(14-12-17)10-8-16(4,5)6;1-11(2,3)7-9-13-10-8-12(4,5)6/h18H,7-17H2,1-6H3;17H,7-16H2,1-6H3;2*14H,7-13H2,1-6H3;7-14H2,1-6H3;7-10H2,1-6H3. The zero-order chi connectivity index (χ0) is 93.8. The molecule has 0 atom stereocenters. The van der Waals surface area contributed by atoms with Crippen LogP contribution in [0, 0.1) is 66.0 Å². The van der Waals surface area contributed by atoms with Crippen molar-refractivity contribution in [3.05, 3.63) is 23.8 Å². The maximum absolute atomic E-state index is 11.9. The number of ether oxygens (including phenoxy) is 5. The number of nitrogens with zero attached hydrogens (tertiary/aromatic N) is 10. The molecule has 0 radical (unpaired) electrons. The van der Waals surface area contributed by atoms with Crippen LogP contribution in [0.1, 0.15) is 383 Å². The van der Waals surface area contributed by atoms with Crippen LogP contribution in [-0.2, 0) is 69.3 Å². The quantitative estimate of drug-likeness (QED) is 0.0571. The maximum atomic E-state index is 11.9. The molecule has 5 rings (SSSR count). The molecule has 0 saturated carbocycles. The summed E-state index contributed by atoms with van der Waals surface area (Å²) < 4.78 is 76.9. The first kappa shape index (κ1) is 120. The highest BCUT2D eigenvalue weighted by atomic mass is 32.2. The molecule has 2 aromatic heterocycles. The van der Waals surface area contributed by atoms with Crippen LogP contribution in [0.15, 0.2) is 12.4 Å². The number of piperidine rings is 2. The zero-order valence-electron chi connectivity index (χ0n) is 87.5. The van der Waals surface area contributed by atoms with E-state index in [1.807, 2.05) is 12.4 Å². The smallest absolute Gasteiger partial charge is 0.157 e. The van der Waals surface area contributed by atoms with Crippen molar-refractivity contribution in [3.8, 4) is 0 Å². The lowest BCUT2D eigenvalue weighted by molar-refractivity contribution is 0.0491. The van der Waals surface area contributed by atoms with Crippen LogP contribution in [0.3, 0.4) is 0 Å². The van der Waals surface area contributed by atoms with Crippen molar-refractivity contribution < 1.29 is 40.5 Å². The van der Waals surface area contributed by atoms with Gasteiger partial charge in [0.05, 0.1) is 98.3 Å². The summed E-state index contributed by atoms with van der Waals surface area (Å²) in [5, 5.41) is 16.5. The summed E-state index contributed by atoms with van der Waals surface area (Å²) >= 11 is 0. The molecule has 3 aliphatic rings. The van der Waals surface area contributed by atoms with Gasteiger partial charge in [0.2, 0.25) is 0 Å². The van der Waals surface area contributed by atoms with Crippen LogP contribution < -0.4 is 0 Å². The van der Waals surface area contributed by atoms with Crippen molar-refractivity contribution in [1.82, 2.24) is 49.6 Å². The molecular formula is C101H206N10O9S2. The van der Waals surface area contributed by atoms with E-state index < -0.39 is 29.2 Å². The lowest BCUT2D eigenvalue weighted by atomic mass is 9.80. The lowest BCUT2D eigenvalue weighted by Gasteiger charge is -2.37. The van der Waals surface area contributed by atoms with E-state index in [-0.39, 0.29) is 35.5 Å². The van der Waals surface area contributed by atoms with E-state index in [2.05, 4.69) is 248 Å². The maximum Gasteiger partial charge on any atom is 0.157 e. The van der Waals surface area contributed by atoms with Gasteiger partial charge in [0, 0.05) is 51.8 Å². The Bertz CT molecular complexity index is 2980. The van der Waals surface area contributed by atoms with Gasteiger partial charge in [-0.05, 0) is 269 Å². The summed E-state index contributed by atoms with van der Waals surface area (Å²) in [5.74, 6) is 2.05. The second kappa shape index (κ2) is 57.2. The molecule has 3 saturated heterocycles. The van der Waals surface area contributed by atoms with Gasteiger partial charge >= 0.3 is 0 Å². The minimum atomic E-state index is -3.13. The van der Waals surface area contributed by atoms with Crippen molar-refractivity contribution in [2.45, 2.75) is 407 Å². The molecule has 0 spiro atoms. The second-order valence-corrected chi connectivity index (χ2v) is 56.2. The third-order valence-electron chi connectivity index (χ3n) is 22.4. The molecule has 0 aromatic carbocycles. The molecule has 2 aromatic rings. The third kappa shape index (κ3) is 72.6. The molecule has 19 nitrogen and oxygen atoms in total. The zero-order valence-corrected chi connectivity index (χ0v) is 89.1. The Kier molecular flexibility index (Phi) is 56.2. The molecule has 0 unspecified atom stereocenters. The Balaban J connectivity index is 0.00000146. The van der Waals surface area contributed by atoms with E-state index in [1.165, 1.54) is 188 Å². The predicted molar refractivity (Wildman–Crippen MR) is 524 cm³/mol. The average Bonchev–Trinajstić information content (AvgIpc) is 1.24. The first-order valence-corrected chi connectivity index (χ1v) is 51.8. The Morgan fingerprint density at radius 3 is 0.861 bits per heavy atom. The number of rotatable bonds is 41. The topological polar surface area (TPSA) is 189 Å².